The molecule has 0 radical (unpaired) electrons. The van der Waals surface area contributed by atoms with Crippen molar-refractivity contribution in [3.8, 4) is 11.5 Å². The number of hydrogen-bond donors (Lipinski definition) is 0. The largest absolute Gasteiger partial charge is 0.493 e. The topological polar surface area (TPSA) is 76.2 Å². The summed E-state index contributed by atoms with van der Waals surface area (Å²) in [6.07, 6.45) is 6.01. The third-order valence-corrected chi connectivity index (χ3v) is 5.29. The number of carbonyl (C=O) groups excluding carboxylic acids is 1. The predicted octanol–water partition coefficient (Wildman–Crippen LogP) is 1.38. The van der Waals surface area contributed by atoms with Gasteiger partial charge in [-0.05, 0) is 23.8 Å². The number of ether oxygens (including phenoxy) is 2. The first-order valence-corrected chi connectivity index (χ1v) is 10.0. The summed E-state index contributed by atoms with van der Waals surface area (Å²) in [5.41, 5.74) is 0.802. The van der Waals surface area contributed by atoms with Crippen LogP contribution in [0.1, 0.15) is 5.56 Å². The normalized spacial score (nSPS) is 15.8. The second-order valence-corrected chi connectivity index (χ2v) is 7.81. The molecular weight excluding hydrogens is 356 g/mol. The number of carbonyl (C=O) groups is 1. The average Bonchev–Trinajstić information content (AvgIpc) is 2.64. The van der Waals surface area contributed by atoms with E-state index in [4.69, 9.17) is 9.47 Å². The van der Waals surface area contributed by atoms with Gasteiger partial charge < -0.3 is 14.4 Å². The molecule has 1 aromatic rings. The molecule has 0 N–H and O–H groups in total. The molecule has 0 spiro atoms. The van der Waals surface area contributed by atoms with Crippen molar-refractivity contribution < 1.29 is 22.7 Å². The predicted molar refractivity (Wildman–Crippen MR) is 101 cm³/mol. The first-order valence-electron chi connectivity index (χ1n) is 8.19. The highest BCUT2D eigenvalue weighted by Gasteiger charge is 2.24. The number of hydrogen-bond acceptors (Lipinski definition) is 5. The van der Waals surface area contributed by atoms with Crippen LogP contribution < -0.4 is 9.47 Å². The zero-order valence-electron chi connectivity index (χ0n) is 15.1. The lowest BCUT2D eigenvalue weighted by molar-refractivity contribution is -0.127. The van der Waals surface area contributed by atoms with Crippen LogP contribution in [0.4, 0.5) is 0 Å². The van der Waals surface area contributed by atoms with Crippen molar-refractivity contribution in [2.45, 2.75) is 0 Å². The Balaban J connectivity index is 1.99. The van der Waals surface area contributed by atoms with Crippen molar-refractivity contribution in [3.05, 3.63) is 42.5 Å². The van der Waals surface area contributed by atoms with Crippen LogP contribution in [0.3, 0.4) is 0 Å². The van der Waals surface area contributed by atoms with E-state index in [9.17, 15) is 13.2 Å². The maximum Gasteiger partial charge on any atom is 0.246 e. The van der Waals surface area contributed by atoms with Crippen LogP contribution in [-0.2, 0) is 14.8 Å². The maximum atomic E-state index is 12.3. The van der Waals surface area contributed by atoms with Gasteiger partial charge in [-0.15, -0.1) is 0 Å². The molecule has 0 atom stereocenters. The molecule has 1 amide bonds. The molecule has 1 saturated heterocycles. The average molecular weight is 380 g/mol. The van der Waals surface area contributed by atoms with Gasteiger partial charge in [0.05, 0.1) is 13.4 Å². The highest BCUT2D eigenvalue weighted by Crippen LogP contribution is 2.28. The smallest absolute Gasteiger partial charge is 0.246 e. The Labute approximate surface area is 154 Å². The third kappa shape index (κ3) is 5.34. The molecule has 0 bridgehead atoms. The molecular formula is C18H24N2O5S. The van der Waals surface area contributed by atoms with E-state index in [0.29, 0.717) is 44.3 Å². The zero-order valence-corrected chi connectivity index (χ0v) is 15.9. The van der Waals surface area contributed by atoms with Crippen molar-refractivity contribution in [2.24, 2.45) is 0 Å². The van der Waals surface area contributed by atoms with Crippen molar-refractivity contribution in [1.29, 1.82) is 0 Å². The van der Waals surface area contributed by atoms with Crippen LogP contribution in [-0.4, -0.2) is 69.7 Å². The van der Waals surface area contributed by atoms with Crippen LogP contribution in [0, 0.1) is 0 Å². The van der Waals surface area contributed by atoms with Gasteiger partial charge in [0.1, 0.15) is 6.61 Å². The molecule has 2 rings (SSSR count). The van der Waals surface area contributed by atoms with Crippen molar-refractivity contribution in [2.75, 3.05) is 46.2 Å². The van der Waals surface area contributed by atoms with E-state index in [1.165, 1.54) is 16.6 Å². The minimum absolute atomic E-state index is 0.149. The molecule has 0 aliphatic carbocycles. The minimum atomic E-state index is -3.20. The van der Waals surface area contributed by atoms with E-state index in [2.05, 4.69) is 6.58 Å². The number of benzene rings is 1. The Bertz CT molecular complexity index is 781. The third-order valence-electron chi connectivity index (χ3n) is 3.98. The van der Waals surface area contributed by atoms with Crippen LogP contribution in [0.5, 0.6) is 11.5 Å². The fourth-order valence-electron chi connectivity index (χ4n) is 2.57. The van der Waals surface area contributed by atoms with Gasteiger partial charge >= 0.3 is 0 Å². The Morgan fingerprint density at radius 1 is 1.23 bits per heavy atom. The second kappa shape index (κ2) is 8.86. The van der Waals surface area contributed by atoms with Crippen molar-refractivity contribution in [1.82, 2.24) is 9.21 Å². The molecule has 1 aromatic carbocycles. The van der Waals surface area contributed by atoms with E-state index in [0.717, 1.165) is 5.56 Å². The molecule has 8 heteroatoms. The van der Waals surface area contributed by atoms with Gasteiger partial charge in [0.2, 0.25) is 15.9 Å². The summed E-state index contributed by atoms with van der Waals surface area (Å²) in [7, 11) is -1.65. The fourth-order valence-corrected chi connectivity index (χ4v) is 3.40. The maximum absolute atomic E-state index is 12.3. The Morgan fingerprint density at radius 2 is 1.92 bits per heavy atom. The molecule has 1 aliphatic heterocycles. The Hall–Kier alpha value is -2.32. The van der Waals surface area contributed by atoms with Gasteiger partial charge in [0.15, 0.2) is 11.5 Å². The number of rotatable bonds is 7. The van der Waals surface area contributed by atoms with E-state index in [-0.39, 0.29) is 5.91 Å². The summed E-state index contributed by atoms with van der Waals surface area (Å²) >= 11 is 0. The molecule has 142 valence electrons. The number of methoxy groups -OCH3 is 1. The highest BCUT2D eigenvalue weighted by atomic mass is 32.2. The summed E-state index contributed by atoms with van der Waals surface area (Å²) in [6, 6.07) is 5.38. The molecule has 1 fully saturated rings. The first kappa shape index (κ1) is 20.0. The zero-order chi connectivity index (χ0) is 19.2. The van der Waals surface area contributed by atoms with E-state index >= 15 is 0 Å². The monoisotopic (exact) mass is 380 g/mol. The van der Waals surface area contributed by atoms with Gasteiger partial charge in [0.25, 0.3) is 0 Å². The lowest BCUT2D eigenvalue weighted by atomic mass is 10.2. The summed E-state index contributed by atoms with van der Waals surface area (Å²) in [6.45, 7) is 5.39. The van der Waals surface area contributed by atoms with Gasteiger partial charge in [-0.3, -0.25) is 4.79 Å². The van der Waals surface area contributed by atoms with Gasteiger partial charge in [-0.1, -0.05) is 18.7 Å². The highest BCUT2D eigenvalue weighted by molar-refractivity contribution is 7.88. The van der Waals surface area contributed by atoms with Crippen LogP contribution >= 0.6 is 0 Å². The molecule has 1 heterocycles. The van der Waals surface area contributed by atoms with Gasteiger partial charge in [-0.25, -0.2) is 8.42 Å². The molecule has 26 heavy (non-hydrogen) atoms. The lowest BCUT2D eigenvalue weighted by Crippen LogP contribution is -2.49. The molecule has 1 aliphatic rings. The molecule has 0 saturated carbocycles. The van der Waals surface area contributed by atoms with Crippen molar-refractivity contribution >= 4 is 22.0 Å². The van der Waals surface area contributed by atoms with Crippen LogP contribution in [0.15, 0.2) is 36.9 Å². The van der Waals surface area contributed by atoms with E-state index < -0.39 is 10.0 Å². The number of piperazine rings is 1. The second-order valence-electron chi connectivity index (χ2n) is 5.83. The van der Waals surface area contributed by atoms with Gasteiger partial charge in [-0.2, -0.15) is 4.31 Å². The Kier molecular flexibility index (Phi) is 6.82. The number of amides is 1. The molecule has 0 unspecified atom stereocenters. The van der Waals surface area contributed by atoms with Crippen LogP contribution in [0.2, 0.25) is 0 Å². The quantitative estimate of drug-likeness (QED) is 0.528. The summed E-state index contributed by atoms with van der Waals surface area (Å²) < 4.78 is 35.2. The summed E-state index contributed by atoms with van der Waals surface area (Å²) in [4.78, 5) is 13.9. The standard InChI is InChI=1S/C18H24N2O5S/c1-4-13-25-16-7-5-15(14-17(16)24-2)6-8-18(21)19-9-11-20(12-10-19)26(3,22)23/h4-8,14H,1,9-13H2,2-3H3. The summed E-state index contributed by atoms with van der Waals surface area (Å²) in [5.74, 6) is 1.03. The summed E-state index contributed by atoms with van der Waals surface area (Å²) in [5, 5.41) is 0. The Morgan fingerprint density at radius 3 is 2.50 bits per heavy atom. The van der Waals surface area contributed by atoms with Gasteiger partial charge in [0, 0.05) is 32.3 Å². The molecule has 0 aromatic heterocycles. The first-order chi connectivity index (χ1) is 12.3. The van der Waals surface area contributed by atoms with E-state index in [1.54, 1.807) is 36.3 Å². The van der Waals surface area contributed by atoms with Crippen LogP contribution in [0.25, 0.3) is 6.08 Å². The SMILES string of the molecule is C=CCOc1ccc(C=CC(=O)N2CCN(S(C)(=O)=O)CC2)cc1OC. The van der Waals surface area contributed by atoms with E-state index in [1.807, 2.05) is 6.07 Å². The number of sulfonamides is 1. The lowest BCUT2D eigenvalue weighted by Gasteiger charge is -2.32. The molecule has 7 nitrogen and oxygen atoms in total. The fraction of sp³-hybridized carbons (Fsp3) is 0.389. The minimum Gasteiger partial charge on any atom is -0.493 e. The van der Waals surface area contributed by atoms with Crippen molar-refractivity contribution in [3.63, 3.8) is 0 Å². The number of nitrogens with zero attached hydrogens (tertiary/aromatic N) is 2.